The SMILES string of the molecule is Cc1cn([C@H]2C[C@H](OP(=O)(O)OC[C@H]3O[C@@H](n4cc(C)c(=O)[nH]c4=O)C[C@@H]3OP(=O)(O)OC[C@H]3O[C@@H](n4cnc5c(N)ncnc54)C[C@@H]3OP(=O)(O)OC[C@H]3O[C@@H](n4ccc(N)nc4=O)C[C@@H]3OP(=O)(O)OC[C@H]3O[C@@H](n4cc(C)c(=O)[nH]c4=O)C[C@@H]3OP(=O)(O)OC[C@H]3O[C@@H](n4cc(C)c(=O)[nH]c4=O)C[C@@H]3O)[C@@H](CO)O2)c(=O)[nH]c1=O. The van der Waals surface area contributed by atoms with Crippen LogP contribution in [-0.4, -0.2) is 215 Å². The van der Waals surface area contributed by atoms with E-state index in [1.165, 1.54) is 50.9 Å². The fourth-order valence-corrected chi connectivity index (χ4v) is 18.3. The number of anilines is 2. The Bertz CT molecular complexity index is 5730. The van der Waals surface area contributed by atoms with Gasteiger partial charge in [0.15, 0.2) is 11.5 Å². The van der Waals surface area contributed by atoms with E-state index in [9.17, 15) is 101 Å². The Hall–Kier alpha value is -8.02. The molecule has 6 aliphatic heterocycles. The highest BCUT2D eigenvalue weighted by Crippen LogP contribution is 2.56. The van der Waals surface area contributed by atoms with Crippen LogP contribution < -0.4 is 62.2 Å². The van der Waals surface area contributed by atoms with Crippen molar-refractivity contribution in [3.8, 4) is 0 Å². The van der Waals surface area contributed by atoms with Crippen LogP contribution in [0, 0.1) is 27.7 Å². The first-order valence-corrected chi connectivity index (χ1v) is 42.6. The number of fused-ring (bicyclic) bond motifs is 1. The second-order valence-electron chi connectivity index (χ2n) is 27.5. The van der Waals surface area contributed by atoms with Crippen LogP contribution in [-0.2, 0) is 96.5 Å². The van der Waals surface area contributed by atoms with Gasteiger partial charge in [0.05, 0.1) is 52.1 Å². The summed E-state index contributed by atoms with van der Waals surface area (Å²) in [6.07, 6.45) is -22.8. The number of ether oxygens (including phenoxy) is 6. The van der Waals surface area contributed by atoms with Crippen LogP contribution in [0.25, 0.3) is 11.2 Å². The van der Waals surface area contributed by atoms with E-state index < -0.39 is 266 Å². The van der Waals surface area contributed by atoms with Gasteiger partial charge in [-0.1, -0.05) is 0 Å². The molecule has 640 valence electrons. The molecule has 0 bridgehead atoms. The summed E-state index contributed by atoms with van der Waals surface area (Å²) in [6, 6.07) is 1.17. The molecule has 15 N–H and O–H groups in total. The molecule has 23 atom stereocenters. The second-order valence-corrected chi connectivity index (χ2v) is 34.6. The highest BCUT2D eigenvalue weighted by atomic mass is 31.2. The Balaban J connectivity index is 0.696. The van der Waals surface area contributed by atoms with Gasteiger partial charge < -0.3 is 74.6 Å². The van der Waals surface area contributed by atoms with Gasteiger partial charge in [-0.25, -0.2) is 61.7 Å². The number of phosphoric acid groups is 5. The number of nitrogen functional groups attached to an aromatic ring is 2. The van der Waals surface area contributed by atoms with Crippen molar-refractivity contribution < 1.29 is 131 Å². The lowest BCUT2D eigenvalue weighted by atomic mass is 10.2. The molecule has 58 heteroatoms. The van der Waals surface area contributed by atoms with Crippen LogP contribution in [0.4, 0.5) is 11.6 Å². The minimum absolute atomic E-state index is 0.0103. The number of aryl methyl sites for hydroxylation is 4. The van der Waals surface area contributed by atoms with Crippen molar-refractivity contribution in [3.63, 3.8) is 0 Å². The van der Waals surface area contributed by atoms with E-state index in [2.05, 4.69) is 39.9 Å². The van der Waals surface area contributed by atoms with Gasteiger partial charge >= 0.3 is 67.6 Å². The van der Waals surface area contributed by atoms with Crippen LogP contribution in [0.2, 0.25) is 0 Å². The number of nitrogens with zero attached hydrogens (tertiary/aromatic N) is 10. The number of H-pyrrole nitrogens is 4. The number of rotatable bonds is 32. The summed E-state index contributed by atoms with van der Waals surface area (Å²) in [5, 5.41) is 21.0. The van der Waals surface area contributed by atoms with Crippen LogP contribution in [0.15, 0.2) is 92.9 Å². The lowest BCUT2D eigenvalue weighted by molar-refractivity contribution is -0.0653. The molecule has 53 nitrogen and oxygen atoms in total. The molecule has 0 aliphatic carbocycles. The molecule has 5 unspecified atom stereocenters. The minimum Gasteiger partial charge on any atom is -0.394 e. The number of nitrogens with one attached hydrogen (secondary N) is 4. The summed E-state index contributed by atoms with van der Waals surface area (Å²) < 4.78 is 166. The number of hydrogen-bond donors (Lipinski definition) is 13. The largest absolute Gasteiger partial charge is 0.472 e. The summed E-state index contributed by atoms with van der Waals surface area (Å²) in [5.74, 6) is -0.344. The van der Waals surface area contributed by atoms with Gasteiger partial charge in [-0.2, -0.15) is 4.98 Å². The normalized spacial score (nSPS) is 30.0. The molecule has 0 saturated carbocycles. The zero-order chi connectivity index (χ0) is 84.3. The number of aliphatic hydroxyl groups is 2. The predicted octanol–water partition coefficient (Wildman–Crippen LogP) is -2.73. The van der Waals surface area contributed by atoms with Gasteiger partial charge in [-0.05, 0) is 33.8 Å². The quantitative estimate of drug-likeness (QED) is 0.0190. The van der Waals surface area contributed by atoms with E-state index in [4.69, 9.17) is 85.1 Å². The fourth-order valence-electron chi connectivity index (χ4n) is 13.5. The third-order valence-electron chi connectivity index (χ3n) is 19.3. The van der Waals surface area contributed by atoms with E-state index in [-0.39, 0.29) is 57.9 Å². The molecular formula is C59H77N16O37P5. The molecule has 6 saturated heterocycles. The van der Waals surface area contributed by atoms with E-state index in [1.54, 1.807) is 0 Å². The Labute approximate surface area is 651 Å². The fraction of sp³-hybridized carbons (Fsp3) is 0.576. The van der Waals surface area contributed by atoms with E-state index in [0.29, 0.717) is 0 Å². The van der Waals surface area contributed by atoms with Crippen molar-refractivity contribution >= 4 is 61.9 Å². The van der Waals surface area contributed by atoms with Gasteiger partial charge in [-0.3, -0.25) is 112 Å². The standard InChI is InChI=1S/C59H77N16O37P5/c1-25-13-71(56(83)66-51(25)78)42-7-29(77)36(103-42)18-97-113(87,88)110-32-10-45(73-15-27(3)53(80)68-58(73)85)106-39(32)21-100-115(91,92)109-31-9-43(70-6-5-41(60)65-55(70)82)104-37(31)19-99-117(95,96)112-34-12-47(75-24-64-48-49(61)62-23-63-50(48)75)107-40(34)22-101-116(93,94)111-33-11-46(74-16-28(4)54(81)69-59(74)86)105-38(33)20-98-114(89,90)108-30-8-44(102-35(30)17-76)72-14-26(2)52(79)67-57(72)84/h5-6,13-16,23-24,29-40,42-47,76-77H,7-12,17-22H2,1-4H3,(H,87,88)(H,89,90)(H,91,92)(H,93,94)(H,95,96)(H2,60,65,82)(H2,61,62,63)(H,66,78,83)(H,67,79,84)(H,68,80,85)(H,69,81,86)/t29-,30-,31-,32-,33-,34-,35+,36+,37+,38+,39+,40+,42+,43+,44+,45+,46+,47+/m0/s1. The molecule has 13 heterocycles. The first-order valence-electron chi connectivity index (χ1n) is 35.1. The number of aliphatic hydroxyl groups excluding tert-OH is 2. The number of aromatic nitrogens is 14. The molecule has 13 rings (SSSR count). The highest BCUT2D eigenvalue weighted by molar-refractivity contribution is 7.48. The minimum atomic E-state index is -5.62. The second kappa shape index (κ2) is 34.6. The third kappa shape index (κ3) is 20.2. The van der Waals surface area contributed by atoms with Crippen molar-refractivity contribution in [2.75, 3.05) is 51.1 Å². The zero-order valence-corrected chi connectivity index (χ0v) is 65.7. The summed E-state index contributed by atoms with van der Waals surface area (Å²) >= 11 is 0. The molecule has 0 amide bonds. The molecule has 6 aliphatic rings. The van der Waals surface area contributed by atoms with Gasteiger partial charge in [0, 0.05) is 91.8 Å². The molecule has 0 radical (unpaired) electrons. The van der Waals surface area contributed by atoms with Gasteiger partial charge in [0.25, 0.3) is 22.2 Å². The maximum Gasteiger partial charge on any atom is 0.472 e. The Morgan fingerprint density at radius 1 is 0.427 bits per heavy atom. The van der Waals surface area contributed by atoms with Crippen molar-refractivity contribution in [2.45, 2.75) is 177 Å². The molecule has 7 aromatic rings. The lowest BCUT2D eigenvalue weighted by Gasteiger charge is -2.26. The third-order valence-corrected chi connectivity index (χ3v) is 24.4. The average Bonchev–Trinajstić information content (AvgIpc) is 1.63. The number of imidazole rings is 1. The maximum atomic E-state index is 14.4. The smallest absolute Gasteiger partial charge is 0.394 e. The zero-order valence-electron chi connectivity index (χ0n) is 61.2. The van der Waals surface area contributed by atoms with Gasteiger partial charge in [0.2, 0.25) is 0 Å². The summed E-state index contributed by atoms with van der Waals surface area (Å²) in [6.45, 7) is -0.603. The topological polar surface area (TPSA) is 725 Å². The average molecular weight is 1760 g/mol. The monoisotopic (exact) mass is 1760 g/mol. The maximum absolute atomic E-state index is 14.4. The molecule has 0 aromatic carbocycles. The molecule has 6 fully saturated rings. The summed E-state index contributed by atoms with van der Waals surface area (Å²) in [5.41, 5.74) is 4.19. The number of aromatic amines is 4. The molecule has 7 aromatic heterocycles. The summed E-state index contributed by atoms with van der Waals surface area (Å²) in [4.78, 5) is 195. The molecule has 0 spiro atoms. The van der Waals surface area contributed by atoms with Crippen LogP contribution >= 0.6 is 39.1 Å². The van der Waals surface area contributed by atoms with Crippen molar-refractivity contribution in [1.29, 1.82) is 0 Å². The van der Waals surface area contributed by atoms with E-state index in [1.807, 2.05) is 0 Å². The van der Waals surface area contributed by atoms with Crippen LogP contribution in [0.5, 0.6) is 0 Å². The Morgan fingerprint density at radius 3 is 1.07 bits per heavy atom. The lowest BCUT2D eigenvalue weighted by Crippen LogP contribution is -2.33. The number of nitrogens with two attached hydrogens (primary N) is 2. The first kappa shape index (κ1) is 86.8. The van der Waals surface area contributed by atoms with Crippen molar-refractivity contribution in [2.24, 2.45) is 0 Å². The molecular weight excluding hydrogens is 1680 g/mol. The number of hydrogen-bond acceptors (Lipinski definition) is 38. The predicted molar refractivity (Wildman–Crippen MR) is 384 cm³/mol. The van der Waals surface area contributed by atoms with E-state index >= 15 is 0 Å². The van der Waals surface area contributed by atoms with Crippen LogP contribution in [0.1, 0.15) is 98.1 Å². The van der Waals surface area contributed by atoms with Gasteiger partial charge in [-0.15, -0.1) is 0 Å². The van der Waals surface area contributed by atoms with E-state index in [0.717, 1.165) is 54.0 Å². The van der Waals surface area contributed by atoms with Crippen molar-refractivity contribution in [1.82, 2.24) is 67.3 Å². The Morgan fingerprint density at radius 2 is 0.726 bits per heavy atom. The number of phosphoric ester groups is 5. The van der Waals surface area contributed by atoms with Gasteiger partial charge in [0.1, 0.15) is 122 Å². The Kier molecular flexibility index (Phi) is 25.7. The highest BCUT2D eigenvalue weighted by Gasteiger charge is 2.51. The summed E-state index contributed by atoms with van der Waals surface area (Å²) in [7, 11) is -27.5. The van der Waals surface area contributed by atoms with Crippen LogP contribution in [0.3, 0.4) is 0 Å². The first-order chi connectivity index (χ1) is 55.1. The van der Waals surface area contributed by atoms with Crippen molar-refractivity contribution in [3.05, 3.63) is 166 Å². The molecule has 117 heavy (non-hydrogen) atoms.